The fourth-order valence-corrected chi connectivity index (χ4v) is 4.70. The molecule has 206 valence electrons. The van der Waals surface area contributed by atoms with E-state index in [-0.39, 0.29) is 22.8 Å². The third-order valence-electron chi connectivity index (χ3n) is 6.60. The quantitative estimate of drug-likeness (QED) is 0.133. The van der Waals surface area contributed by atoms with Gasteiger partial charge in [0.05, 0.1) is 10.6 Å². The lowest BCUT2D eigenvalue weighted by Gasteiger charge is -2.27. The highest BCUT2D eigenvalue weighted by Crippen LogP contribution is 2.31. The van der Waals surface area contributed by atoms with Gasteiger partial charge in [-0.05, 0) is 80.4 Å². The molecule has 11 nitrogen and oxygen atoms in total. The molecule has 1 aliphatic rings. The first-order chi connectivity index (χ1) is 19.5. The summed E-state index contributed by atoms with van der Waals surface area (Å²) in [6.45, 7) is 5.42. The molecule has 3 heterocycles. The Morgan fingerprint density at radius 3 is 2.41 bits per heavy atom. The van der Waals surface area contributed by atoms with Crippen LogP contribution in [0, 0.1) is 30.9 Å². The molecular formula is C29H22ClN5O6. The summed E-state index contributed by atoms with van der Waals surface area (Å²) in [4.78, 5) is 53.9. The molecule has 0 unspecified atom stereocenters. The molecule has 0 atom stereocenters. The maximum atomic E-state index is 13.4. The number of carbonyl (C=O) groups excluding carboxylic acids is 3. The lowest BCUT2D eigenvalue weighted by atomic mass is 10.1. The largest absolute Gasteiger partial charge is 0.439 e. The van der Waals surface area contributed by atoms with Gasteiger partial charge in [0.2, 0.25) is 5.88 Å². The van der Waals surface area contributed by atoms with Gasteiger partial charge >= 0.3 is 6.03 Å². The van der Waals surface area contributed by atoms with Gasteiger partial charge in [0.25, 0.3) is 17.5 Å². The van der Waals surface area contributed by atoms with Gasteiger partial charge in [-0.3, -0.25) is 25.0 Å². The van der Waals surface area contributed by atoms with Crippen LogP contribution in [0.3, 0.4) is 0 Å². The Morgan fingerprint density at radius 2 is 1.76 bits per heavy atom. The monoisotopic (exact) mass is 571 g/mol. The van der Waals surface area contributed by atoms with Gasteiger partial charge in [-0.25, -0.2) is 14.7 Å². The maximum absolute atomic E-state index is 13.4. The molecule has 2 aromatic heterocycles. The summed E-state index contributed by atoms with van der Waals surface area (Å²) in [6.07, 6.45) is 2.59. The van der Waals surface area contributed by atoms with E-state index in [0.29, 0.717) is 21.9 Å². The molecule has 1 fully saturated rings. The highest BCUT2D eigenvalue weighted by atomic mass is 35.5. The summed E-state index contributed by atoms with van der Waals surface area (Å²) in [5, 5.41) is 13.4. The second-order valence-corrected chi connectivity index (χ2v) is 9.62. The van der Waals surface area contributed by atoms with Gasteiger partial charge in [0.1, 0.15) is 17.5 Å². The Hall–Kier alpha value is -5.29. The van der Waals surface area contributed by atoms with E-state index in [2.05, 4.69) is 10.3 Å². The number of imide groups is 2. The Balaban J connectivity index is 1.42. The lowest BCUT2D eigenvalue weighted by molar-refractivity contribution is -0.385. The van der Waals surface area contributed by atoms with Crippen LogP contribution in [0.25, 0.3) is 11.8 Å². The molecule has 5 rings (SSSR count). The van der Waals surface area contributed by atoms with Crippen LogP contribution in [0.2, 0.25) is 5.02 Å². The second-order valence-electron chi connectivity index (χ2n) is 9.21. The van der Waals surface area contributed by atoms with Crippen LogP contribution in [-0.2, 0) is 9.59 Å². The van der Waals surface area contributed by atoms with Gasteiger partial charge in [0.15, 0.2) is 0 Å². The standard InChI is InChI=1S/C29H22ClN5O6/c1-16-13-19(14-23-27(36)32-29(38)34(28(23)37)25-6-4-5-24(30)17(25)2)18(3)33(16)20-7-10-22(11-8-20)41-26-12-9-21(15-31-26)35(39)40/h4-15H,1-3H3,(H,32,36,38)/b23-14+. The smallest absolute Gasteiger partial charge is 0.335 e. The number of halogens is 1. The summed E-state index contributed by atoms with van der Waals surface area (Å²) in [6, 6.07) is 15.7. The molecule has 0 bridgehead atoms. The van der Waals surface area contributed by atoms with E-state index >= 15 is 0 Å². The van der Waals surface area contributed by atoms with Crippen LogP contribution in [0.1, 0.15) is 22.5 Å². The molecule has 4 aromatic rings. The van der Waals surface area contributed by atoms with E-state index in [1.807, 2.05) is 36.6 Å². The highest BCUT2D eigenvalue weighted by Gasteiger charge is 2.37. The number of nitro groups is 1. The molecular weight excluding hydrogens is 550 g/mol. The number of nitrogens with one attached hydrogen (secondary N) is 1. The van der Waals surface area contributed by atoms with Crippen LogP contribution in [-0.4, -0.2) is 32.3 Å². The number of anilines is 1. The van der Waals surface area contributed by atoms with Crippen molar-refractivity contribution in [2.45, 2.75) is 20.8 Å². The van der Waals surface area contributed by atoms with Crippen molar-refractivity contribution in [2.75, 3.05) is 4.90 Å². The van der Waals surface area contributed by atoms with E-state index in [0.717, 1.165) is 28.2 Å². The first kappa shape index (κ1) is 27.3. The van der Waals surface area contributed by atoms with Gasteiger partial charge in [-0.15, -0.1) is 0 Å². The van der Waals surface area contributed by atoms with Gasteiger partial charge < -0.3 is 9.30 Å². The number of barbiturate groups is 1. The van der Waals surface area contributed by atoms with Crippen molar-refractivity contribution < 1.29 is 24.0 Å². The number of nitrogens with zero attached hydrogens (tertiary/aromatic N) is 4. The van der Waals surface area contributed by atoms with Gasteiger partial charge in [-0.1, -0.05) is 17.7 Å². The van der Waals surface area contributed by atoms with Crippen molar-refractivity contribution in [1.82, 2.24) is 14.9 Å². The summed E-state index contributed by atoms with van der Waals surface area (Å²) < 4.78 is 7.63. The Bertz CT molecular complexity index is 1760. The number of hydrogen-bond acceptors (Lipinski definition) is 7. The van der Waals surface area contributed by atoms with Crippen LogP contribution >= 0.6 is 11.6 Å². The number of hydrogen-bond donors (Lipinski definition) is 1. The predicted octanol–water partition coefficient (Wildman–Crippen LogP) is 5.82. The number of urea groups is 1. The number of ether oxygens (including phenoxy) is 1. The van der Waals surface area contributed by atoms with Crippen molar-refractivity contribution in [3.63, 3.8) is 0 Å². The van der Waals surface area contributed by atoms with E-state index in [1.165, 1.54) is 18.2 Å². The highest BCUT2D eigenvalue weighted by molar-refractivity contribution is 6.40. The molecule has 0 aliphatic carbocycles. The first-order valence-electron chi connectivity index (χ1n) is 12.3. The molecule has 2 aromatic carbocycles. The zero-order chi connectivity index (χ0) is 29.4. The average molecular weight is 572 g/mol. The van der Waals surface area contributed by atoms with Crippen molar-refractivity contribution >= 4 is 46.9 Å². The third-order valence-corrected chi connectivity index (χ3v) is 7.01. The van der Waals surface area contributed by atoms with E-state index in [4.69, 9.17) is 16.3 Å². The van der Waals surface area contributed by atoms with E-state index in [9.17, 15) is 24.5 Å². The van der Waals surface area contributed by atoms with Crippen molar-refractivity contribution in [3.05, 3.63) is 110 Å². The predicted molar refractivity (Wildman–Crippen MR) is 151 cm³/mol. The van der Waals surface area contributed by atoms with Crippen LogP contribution in [0.5, 0.6) is 11.6 Å². The number of amides is 4. The number of benzene rings is 2. The van der Waals surface area contributed by atoms with E-state index < -0.39 is 22.8 Å². The molecule has 41 heavy (non-hydrogen) atoms. The zero-order valence-electron chi connectivity index (χ0n) is 22.0. The number of carbonyl (C=O) groups is 3. The van der Waals surface area contributed by atoms with Crippen molar-refractivity contribution in [2.24, 2.45) is 0 Å². The molecule has 1 aliphatic heterocycles. The molecule has 0 spiro atoms. The number of aryl methyl sites for hydroxylation is 1. The van der Waals surface area contributed by atoms with Gasteiger partial charge in [-0.2, -0.15) is 0 Å². The third kappa shape index (κ3) is 5.18. The van der Waals surface area contributed by atoms with E-state index in [1.54, 1.807) is 37.3 Å². The molecule has 4 amide bonds. The molecule has 1 saturated heterocycles. The SMILES string of the molecule is Cc1c(Cl)cccc1N1C(=O)NC(=O)/C(=C\c2cc(C)n(-c3ccc(Oc4ccc([N+](=O)[O-])cn4)cc3)c2C)C1=O. The topological polar surface area (TPSA) is 137 Å². The Morgan fingerprint density at radius 1 is 1.02 bits per heavy atom. The van der Waals surface area contributed by atoms with Crippen molar-refractivity contribution in [1.29, 1.82) is 0 Å². The lowest BCUT2D eigenvalue weighted by Crippen LogP contribution is -2.54. The summed E-state index contributed by atoms with van der Waals surface area (Å²) in [5.74, 6) is -0.857. The van der Waals surface area contributed by atoms with Crippen molar-refractivity contribution in [3.8, 4) is 17.3 Å². The normalized spacial score (nSPS) is 14.4. The molecule has 12 heteroatoms. The van der Waals surface area contributed by atoms with Crippen LogP contribution < -0.4 is 15.0 Å². The Kier molecular flexibility index (Phi) is 7.12. The van der Waals surface area contributed by atoms with Gasteiger partial charge in [0, 0.05) is 34.2 Å². The minimum absolute atomic E-state index is 0.136. The van der Waals surface area contributed by atoms with Crippen LogP contribution in [0.15, 0.2) is 72.4 Å². The molecule has 0 saturated carbocycles. The minimum atomic E-state index is -0.848. The fourth-order valence-electron chi connectivity index (χ4n) is 4.53. The average Bonchev–Trinajstić information content (AvgIpc) is 3.22. The minimum Gasteiger partial charge on any atom is -0.439 e. The summed E-state index contributed by atoms with van der Waals surface area (Å²) >= 11 is 6.20. The van der Waals surface area contributed by atoms with Crippen LogP contribution in [0.4, 0.5) is 16.2 Å². The number of pyridine rings is 1. The zero-order valence-corrected chi connectivity index (χ0v) is 22.8. The Labute approximate surface area is 238 Å². The maximum Gasteiger partial charge on any atom is 0.335 e. The fraction of sp³-hybridized carbons (Fsp3) is 0.103. The molecule has 1 N–H and O–H groups in total. The summed E-state index contributed by atoms with van der Waals surface area (Å²) in [7, 11) is 0. The first-order valence-corrected chi connectivity index (χ1v) is 12.7. The number of rotatable bonds is 6. The molecule has 0 radical (unpaired) electrons. The summed E-state index contributed by atoms with van der Waals surface area (Å²) in [5.41, 5.74) is 3.49. The second kappa shape index (κ2) is 10.7. The number of aromatic nitrogens is 2.